The van der Waals surface area contributed by atoms with E-state index >= 15 is 0 Å². The van der Waals surface area contributed by atoms with Gasteiger partial charge in [0.1, 0.15) is 0 Å². The summed E-state index contributed by atoms with van der Waals surface area (Å²) in [5, 5.41) is 3.79. The summed E-state index contributed by atoms with van der Waals surface area (Å²) in [6.45, 7) is 6.92. The summed E-state index contributed by atoms with van der Waals surface area (Å²) in [6.07, 6.45) is 24.8. The summed E-state index contributed by atoms with van der Waals surface area (Å²) >= 11 is 4.84. The molecule has 1 heterocycles. The average molecular weight is 731 g/mol. The lowest BCUT2D eigenvalue weighted by atomic mass is 9.86. The van der Waals surface area contributed by atoms with Crippen LogP contribution in [-0.4, -0.2) is 4.57 Å². The third-order valence-corrected chi connectivity index (χ3v) is 11.9. The number of hydrogen-bond acceptors (Lipinski definition) is 2. The first-order valence-corrected chi connectivity index (χ1v) is 20.1. The largest absolute Gasteiger partial charge is 0.315 e. The van der Waals surface area contributed by atoms with Crippen LogP contribution in [0.2, 0.25) is 0 Å². The Morgan fingerprint density at radius 3 is 2.33 bits per heavy atom. The average Bonchev–Trinajstić information content (AvgIpc) is 3.57. The van der Waals surface area contributed by atoms with E-state index in [1.54, 1.807) is 0 Å². The molecular formula is C52H46N2S. The number of anilines is 1. The van der Waals surface area contributed by atoms with Crippen LogP contribution in [0.4, 0.5) is 5.69 Å². The molecule has 3 heteroatoms. The van der Waals surface area contributed by atoms with Crippen LogP contribution >= 0.6 is 12.6 Å². The fourth-order valence-corrected chi connectivity index (χ4v) is 8.92. The zero-order valence-electron chi connectivity index (χ0n) is 31.5. The summed E-state index contributed by atoms with van der Waals surface area (Å²) in [4.78, 5) is 3.48. The van der Waals surface area contributed by atoms with Gasteiger partial charge in [0.15, 0.2) is 0 Å². The lowest BCUT2D eigenvalue weighted by molar-refractivity contribution is 0.744. The first-order chi connectivity index (χ1) is 27.0. The van der Waals surface area contributed by atoms with Crippen molar-refractivity contribution in [2.75, 3.05) is 4.90 Å². The topological polar surface area (TPSA) is 8.17 Å². The number of hydrogen-bond donors (Lipinski definition) is 1. The van der Waals surface area contributed by atoms with Crippen LogP contribution < -0.4 is 4.90 Å². The molecule has 6 aromatic rings. The predicted octanol–water partition coefficient (Wildman–Crippen LogP) is 14.4. The van der Waals surface area contributed by atoms with Gasteiger partial charge >= 0.3 is 0 Å². The third-order valence-electron chi connectivity index (χ3n) is 11.5. The van der Waals surface area contributed by atoms with Gasteiger partial charge in [0.2, 0.25) is 0 Å². The van der Waals surface area contributed by atoms with Gasteiger partial charge in [-0.1, -0.05) is 123 Å². The van der Waals surface area contributed by atoms with E-state index in [9.17, 15) is 0 Å². The Morgan fingerprint density at radius 2 is 1.53 bits per heavy atom. The molecule has 0 N–H and O–H groups in total. The molecule has 0 fully saturated rings. The standard InChI is InChI=1S/C52H46N2S/c1-36-23-29-44(35-47(36)46-20-13-14-22-50(46)55)53(41-17-8-6-9-18-41)42-30-24-38(25-31-42)39-26-32-43(33-27-39)54-48-21-10-5-3-4-7-15-37(2)51(48)52-45-19-12-11-16-40(45)28-34-49(52)54/h6-22,24,26-30,32-36,55H,2-5,23,25,31H2,1H3/b15-7-,21-10-. The summed E-state index contributed by atoms with van der Waals surface area (Å²) in [6, 6.07) is 41.8. The van der Waals surface area contributed by atoms with Crippen LogP contribution in [0.15, 0.2) is 181 Å². The molecule has 0 radical (unpaired) electrons. The smallest absolute Gasteiger partial charge is 0.0547 e. The monoisotopic (exact) mass is 730 g/mol. The molecule has 0 aliphatic heterocycles. The van der Waals surface area contributed by atoms with Crippen LogP contribution in [0, 0.1) is 5.92 Å². The molecular weight excluding hydrogens is 685 g/mol. The van der Waals surface area contributed by atoms with Crippen molar-refractivity contribution >= 4 is 62.8 Å². The van der Waals surface area contributed by atoms with E-state index in [0.717, 1.165) is 54.7 Å². The summed E-state index contributed by atoms with van der Waals surface area (Å²) < 4.78 is 2.44. The molecule has 1 atom stereocenters. The number of thiol groups is 1. The second-order valence-corrected chi connectivity index (χ2v) is 15.5. The third kappa shape index (κ3) is 6.68. The maximum Gasteiger partial charge on any atom is 0.0547 e. The van der Waals surface area contributed by atoms with Crippen molar-refractivity contribution < 1.29 is 0 Å². The number of nitrogens with zero attached hydrogens (tertiary/aromatic N) is 2. The minimum Gasteiger partial charge on any atom is -0.315 e. The molecule has 0 amide bonds. The lowest BCUT2D eigenvalue weighted by Crippen LogP contribution is -2.24. The normalized spacial score (nSPS) is 18.5. The Hall–Kier alpha value is -5.77. The molecule has 5 aromatic carbocycles. The number of para-hydroxylation sites is 1. The molecule has 1 aromatic heterocycles. The van der Waals surface area contributed by atoms with Crippen molar-refractivity contribution in [1.82, 2.24) is 4.57 Å². The van der Waals surface area contributed by atoms with Gasteiger partial charge in [-0.25, -0.2) is 0 Å². The van der Waals surface area contributed by atoms with Crippen LogP contribution in [0.25, 0.3) is 50.2 Å². The van der Waals surface area contributed by atoms with E-state index in [1.165, 1.54) is 72.3 Å². The molecule has 0 saturated heterocycles. The van der Waals surface area contributed by atoms with Gasteiger partial charge in [-0.3, -0.25) is 0 Å². The van der Waals surface area contributed by atoms with E-state index in [4.69, 9.17) is 12.6 Å². The lowest BCUT2D eigenvalue weighted by Gasteiger charge is -2.33. The van der Waals surface area contributed by atoms with Crippen molar-refractivity contribution in [3.8, 4) is 5.69 Å². The summed E-state index contributed by atoms with van der Waals surface area (Å²) in [5.74, 6) is 0.425. The van der Waals surface area contributed by atoms with E-state index < -0.39 is 0 Å². The minimum absolute atomic E-state index is 0.425. The quantitative estimate of drug-likeness (QED) is 0.168. The molecule has 0 spiro atoms. The number of allylic oxidation sites excluding steroid dienone is 11. The number of rotatable bonds is 6. The van der Waals surface area contributed by atoms with Gasteiger partial charge in [-0.05, 0) is 138 Å². The molecule has 270 valence electrons. The van der Waals surface area contributed by atoms with Crippen molar-refractivity contribution in [3.63, 3.8) is 0 Å². The van der Waals surface area contributed by atoms with E-state index in [-0.39, 0.29) is 0 Å². The van der Waals surface area contributed by atoms with Gasteiger partial charge in [0, 0.05) is 38.6 Å². The van der Waals surface area contributed by atoms with E-state index in [1.807, 2.05) is 0 Å². The highest BCUT2D eigenvalue weighted by Crippen LogP contribution is 2.42. The van der Waals surface area contributed by atoms with Crippen LogP contribution in [0.5, 0.6) is 0 Å². The molecule has 1 unspecified atom stereocenters. The van der Waals surface area contributed by atoms with Crippen LogP contribution in [-0.2, 0) is 0 Å². The fraction of sp³-hybridized carbons (Fsp3) is 0.154. The molecule has 55 heavy (non-hydrogen) atoms. The van der Waals surface area contributed by atoms with Crippen molar-refractivity contribution in [2.45, 2.75) is 50.3 Å². The molecule has 9 rings (SSSR count). The van der Waals surface area contributed by atoms with Crippen molar-refractivity contribution in [2.24, 2.45) is 5.92 Å². The molecule has 0 bridgehead atoms. The number of fused-ring (bicyclic) bond motifs is 5. The number of aromatic nitrogens is 1. The van der Waals surface area contributed by atoms with E-state index in [2.05, 4.69) is 187 Å². The Balaban J connectivity index is 1.08. The second kappa shape index (κ2) is 15.2. The highest BCUT2D eigenvalue weighted by molar-refractivity contribution is 7.80. The van der Waals surface area contributed by atoms with Crippen molar-refractivity contribution in [3.05, 3.63) is 198 Å². The Kier molecular flexibility index (Phi) is 9.64. The zero-order valence-corrected chi connectivity index (χ0v) is 32.4. The predicted molar refractivity (Wildman–Crippen MR) is 240 cm³/mol. The summed E-state index contributed by atoms with van der Waals surface area (Å²) in [7, 11) is 0. The second-order valence-electron chi connectivity index (χ2n) is 15.0. The first kappa shape index (κ1) is 35.0. The number of benzene rings is 5. The zero-order chi connectivity index (χ0) is 37.3. The maximum atomic E-state index is 4.84. The molecule has 3 aliphatic carbocycles. The maximum absolute atomic E-state index is 4.84. The highest BCUT2D eigenvalue weighted by Gasteiger charge is 2.25. The van der Waals surface area contributed by atoms with Gasteiger partial charge in [-0.2, -0.15) is 0 Å². The van der Waals surface area contributed by atoms with Gasteiger partial charge in [0.25, 0.3) is 0 Å². The van der Waals surface area contributed by atoms with Crippen LogP contribution in [0.1, 0.15) is 67.8 Å². The van der Waals surface area contributed by atoms with E-state index in [0.29, 0.717) is 5.92 Å². The van der Waals surface area contributed by atoms with Gasteiger partial charge in [-0.15, -0.1) is 12.6 Å². The fourth-order valence-electron chi connectivity index (χ4n) is 8.63. The van der Waals surface area contributed by atoms with Crippen molar-refractivity contribution in [1.29, 1.82) is 0 Å². The highest BCUT2D eigenvalue weighted by atomic mass is 32.1. The molecule has 2 nitrogen and oxygen atoms in total. The van der Waals surface area contributed by atoms with Gasteiger partial charge < -0.3 is 9.47 Å². The molecule has 3 aliphatic rings. The summed E-state index contributed by atoms with van der Waals surface area (Å²) in [5.41, 5.74) is 14.8. The molecule has 0 saturated carbocycles. The van der Waals surface area contributed by atoms with Gasteiger partial charge in [0.05, 0.1) is 11.2 Å². The first-order valence-electron chi connectivity index (χ1n) is 19.7. The Morgan fingerprint density at radius 1 is 0.764 bits per heavy atom. The Bertz CT molecular complexity index is 2620. The van der Waals surface area contributed by atoms with Crippen LogP contribution in [0.3, 0.4) is 0 Å². The SMILES string of the molecule is C=C1/C=C\CCC/C=C\c2c1c1c3ccccc3ccc1n2-c1ccc(C2=CC=C(N(C3=CCC(C)C(c4ccccc4S)=C3)c3ccccc3)CC2)cc1. The minimum atomic E-state index is 0.425. The Labute approximate surface area is 330 Å².